The highest BCUT2D eigenvalue weighted by Gasteiger charge is 2.12. The summed E-state index contributed by atoms with van der Waals surface area (Å²) in [6.07, 6.45) is -0.000920. The third-order valence-electron chi connectivity index (χ3n) is 2.63. The van der Waals surface area contributed by atoms with Crippen LogP contribution in [0.5, 0.6) is 0 Å². The number of benzene rings is 2. The number of carbonyl (C=O) groups is 1. The SMILES string of the molecule is O=C(CSc1cccc(Cl)c1)Cc1c(F)cccc1Cl. The van der Waals surface area contributed by atoms with E-state index in [1.54, 1.807) is 18.2 Å². The Labute approximate surface area is 131 Å². The third-order valence-corrected chi connectivity index (χ3v) is 4.27. The first kappa shape index (κ1) is 15.4. The van der Waals surface area contributed by atoms with Crippen LogP contribution in [0.1, 0.15) is 5.56 Å². The molecule has 2 aromatic rings. The predicted octanol–water partition coefficient (Wildman–Crippen LogP) is 5.04. The largest absolute Gasteiger partial charge is 0.298 e. The van der Waals surface area contributed by atoms with E-state index in [1.165, 1.54) is 23.9 Å². The molecule has 5 heteroatoms. The minimum absolute atomic E-state index is 0.000920. The maximum Gasteiger partial charge on any atom is 0.147 e. The summed E-state index contributed by atoms with van der Waals surface area (Å²) in [7, 11) is 0. The number of Topliss-reactive ketones (excluding diaryl/α,β-unsaturated/α-hetero) is 1. The molecule has 0 unspecified atom stereocenters. The lowest BCUT2D eigenvalue weighted by atomic mass is 10.1. The summed E-state index contributed by atoms with van der Waals surface area (Å²) in [5.74, 6) is -0.272. The maximum atomic E-state index is 13.6. The molecule has 0 aliphatic heterocycles. The Kier molecular flexibility index (Phi) is 5.46. The summed E-state index contributed by atoms with van der Waals surface area (Å²) in [6, 6.07) is 11.7. The number of hydrogen-bond donors (Lipinski definition) is 0. The Hall–Kier alpha value is -1.03. The first-order chi connectivity index (χ1) is 9.56. The molecule has 2 rings (SSSR count). The van der Waals surface area contributed by atoms with Crippen molar-refractivity contribution in [3.8, 4) is 0 Å². The number of hydrogen-bond acceptors (Lipinski definition) is 2. The van der Waals surface area contributed by atoms with E-state index < -0.39 is 5.82 Å². The molecule has 1 nitrogen and oxygen atoms in total. The third kappa shape index (κ3) is 4.23. The highest BCUT2D eigenvalue weighted by atomic mass is 35.5. The highest BCUT2D eigenvalue weighted by molar-refractivity contribution is 8.00. The van der Waals surface area contributed by atoms with Crippen molar-refractivity contribution in [2.75, 3.05) is 5.75 Å². The normalized spacial score (nSPS) is 10.6. The van der Waals surface area contributed by atoms with E-state index in [9.17, 15) is 9.18 Å². The maximum absolute atomic E-state index is 13.6. The van der Waals surface area contributed by atoms with E-state index in [2.05, 4.69) is 0 Å². The van der Waals surface area contributed by atoms with Gasteiger partial charge in [0.15, 0.2) is 0 Å². The van der Waals surface area contributed by atoms with Crippen LogP contribution in [0.3, 0.4) is 0 Å². The number of carbonyl (C=O) groups excluding carboxylic acids is 1. The molecule has 0 radical (unpaired) electrons. The van der Waals surface area contributed by atoms with Gasteiger partial charge in [-0.05, 0) is 30.3 Å². The van der Waals surface area contributed by atoms with Gasteiger partial charge in [0.05, 0.1) is 5.75 Å². The smallest absolute Gasteiger partial charge is 0.147 e. The van der Waals surface area contributed by atoms with E-state index in [1.807, 2.05) is 12.1 Å². The van der Waals surface area contributed by atoms with Crippen LogP contribution < -0.4 is 0 Å². The molecule has 0 saturated carbocycles. The van der Waals surface area contributed by atoms with Crippen LogP contribution in [0.15, 0.2) is 47.4 Å². The molecule has 0 aliphatic rings. The van der Waals surface area contributed by atoms with Crippen molar-refractivity contribution < 1.29 is 9.18 Å². The molecule has 0 atom stereocenters. The number of halogens is 3. The van der Waals surface area contributed by atoms with Crippen LogP contribution in [-0.4, -0.2) is 11.5 Å². The lowest BCUT2D eigenvalue weighted by molar-refractivity contribution is -0.116. The second-order valence-electron chi connectivity index (χ2n) is 4.16. The Bertz CT molecular complexity index is 611. The first-order valence-corrected chi connectivity index (χ1v) is 7.63. The average molecular weight is 329 g/mol. The second-order valence-corrected chi connectivity index (χ2v) is 6.05. The monoisotopic (exact) mass is 328 g/mol. The summed E-state index contributed by atoms with van der Waals surface area (Å²) < 4.78 is 13.6. The Morgan fingerprint density at radius 3 is 2.60 bits per heavy atom. The van der Waals surface area contributed by atoms with Gasteiger partial charge in [-0.3, -0.25) is 4.79 Å². The lowest BCUT2D eigenvalue weighted by Crippen LogP contribution is -2.07. The van der Waals surface area contributed by atoms with Crippen molar-refractivity contribution in [3.05, 3.63) is 63.9 Å². The van der Waals surface area contributed by atoms with Crippen LogP contribution in [0.4, 0.5) is 4.39 Å². The topological polar surface area (TPSA) is 17.1 Å². The second kappa shape index (κ2) is 7.11. The Morgan fingerprint density at radius 1 is 1.15 bits per heavy atom. The number of rotatable bonds is 5. The molecule has 0 heterocycles. The van der Waals surface area contributed by atoms with Gasteiger partial charge < -0.3 is 0 Å². The minimum atomic E-state index is -0.446. The van der Waals surface area contributed by atoms with Gasteiger partial charge in [0, 0.05) is 26.9 Å². The van der Waals surface area contributed by atoms with Crippen molar-refractivity contribution in [1.29, 1.82) is 0 Å². The van der Waals surface area contributed by atoms with Crippen LogP contribution in [0, 0.1) is 5.82 Å². The average Bonchev–Trinajstić information content (AvgIpc) is 2.41. The van der Waals surface area contributed by atoms with Crippen molar-refractivity contribution in [2.45, 2.75) is 11.3 Å². The van der Waals surface area contributed by atoms with E-state index in [4.69, 9.17) is 23.2 Å². The highest BCUT2D eigenvalue weighted by Crippen LogP contribution is 2.24. The molecular weight excluding hydrogens is 318 g/mol. The fourth-order valence-corrected chi connectivity index (χ4v) is 2.97. The predicted molar refractivity (Wildman–Crippen MR) is 82.3 cm³/mol. The zero-order valence-electron chi connectivity index (χ0n) is 10.4. The fourth-order valence-electron chi connectivity index (χ4n) is 1.67. The van der Waals surface area contributed by atoms with Gasteiger partial charge >= 0.3 is 0 Å². The zero-order chi connectivity index (χ0) is 14.5. The van der Waals surface area contributed by atoms with E-state index in [0.717, 1.165) is 4.90 Å². The summed E-state index contributed by atoms with van der Waals surface area (Å²) in [4.78, 5) is 12.8. The molecule has 0 bridgehead atoms. The molecule has 0 N–H and O–H groups in total. The summed E-state index contributed by atoms with van der Waals surface area (Å²) >= 11 is 13.1. The Balaban J connectivity index is 1.96. The molecule has 0 aromatic heterocycles. The van der Waals surface area contributed by atoms with Crippen LogP contribution in [0.25, 0.3) is 0 Å². The van der Waals surface area contributed by atoms with Gasteiger partial charge in [0.1, 0.15) is 11.6 Å². The molecule has 2 aromatic carbocycles. The van der Waals surface area contributed by atoms with Crippen molar-refractivity contribution in [1.82, 2.24) is 0 Å². The molecule has 0 saturated heterocycles. The molecular formula is C15H11Cl2FOS. The van der Waals surface area contributed by atoms with E-state index in [-0.39, 0.29) is 28.5 Å². The lowest BCUT2D eigenvalue weighted by Gasteiger charge is -2.05. The molecule has 0 aliphatic carbocycles. The van der Waals surface area contributed by atoms with E-state index in [0.29, 0.717) is 5.02 Å². The summed E-state index contributed by atoms with van der Waals surface area (Å²) in [5, 5.41) is 0.908. The fraction of sp³-hybridized carbons (Fsp3) is 0.133. The summed E-state index contributed by atoms with van der Waals surface area (Å²) in [6.45, 7) is 0. The Morgan fingerprint density at radius 2 is 1.90 bits per heavy atom. The molecule has 20 heavy (non-hydrogen) atoms. The summed E-state index contributed by atoms with van der Waals surface area (Å²) in [5.41, 5.74) is 0.255. The van der Waals surface area contributed by atoms with Gasteiger partial charge in [-0.25, -0.2) is 4.39 Å². The van der Waals surface area contributed by atoms with Gasteiger partial charge in [-0.15, -0.1) is 11.8 Å². The zero-order valence-corrected chi connectivity index (χ0v) is 12.7. The number of ketones is 1. The van der Waals surface area contributed by atoms with Crippen molar-refractivity contribution in [3.63, 3.8) is 0 Å². The van der Waals surface area contributed by atoms with E-state index >= 15 is 0 Å². The minimum Gasteiger partial charge on any atom is -0.298 e. The van der Waals surface area contributed by atoms with Crippen LogP contribution in [-0.2, 0) is 11.2 Å². The van der Waals surface area contributed by atoms with Crippen LogP contribution in [0.2, 0.25) is 10.0 Å². The molecule has 0 amide bonds. The first-order valence-electron chi connectivity index (χ1n) is 5.89. The van der Waals surface area contributed by atoms with Gasteiger partial charge in [-0.2, -0.15) is 0 Å². The quantitative estimate of drug-likeness (QED) is 0.715. The van der Waals surface area contributed by atoms with Crippen LogP contribution >= 0.6 is 35.0 Å². The van der Waals surface area contributed by atoms with Crippen molar-refractivity contribution in [2.24, 2.45) is 0 Å². The molecule has 104 valence electrons. The van der Waals surface area contributed by atoms with Gasteiger partial charge in [0.2, 0.25) is 0 Å². The molecule has 0 spiro atoms. The number of thioether (sulfide) groups is 1. The standard InChI is InChI=1S/C15H11Cl2FOS/c16-10-3-1-4-12(7-10)20-9-11(19)8-13-14(17)5-2-6-15(13)18/h1-7H,8-9H2. The van der Waals surface area contributed by atoms with Crippen molar-refractivity contribution >= 4 is 40.7 Å². The molecule has 0 fully saturated rings. The van der Waals surface area contributed by atoms with Gasteiger partial charge in [-0.1, -0.05) is 35.3 Å². The van der Waals surface area contributed by atoms with Gasteiger partial charge in [0.25, 0.3) is 0 Å².